The molecule has 0 aromatic rings. The summed E-state index contributed by atoms with van der Waals surface area (Å²) in [6.45, 7) is 4.75. The average Bonchev–Trinajstić information content (AvgIpc) is 2.67. The molecule has 1 aliphatic carbocycles. The monoisotopic (exact) mass is 153 g/mol. The molecule has 11 heavy (non-hydrogen) atoms. The summed E-state index contributed by atoms with van der Waals surface area (Å²) < 4.78 is 5.28. The normalized spacial score (nSPS) is 36.0. The van der Waals surface area contributed by atoms with Crippen molar-refractivity contribution >= 4 is 0 Å². The van der Waals surface area contributed by atoms with Crippen molar-refractivity contribution in [1.82, 2.24) is 4.90 Å². The lowest BCUT2D eigenvalue weighted by molar-refractivity contribution is -0.105. The van der Waals surface area contributed by atoms with Gasteiger partial charge in [0.1, 0.15) is 0 Å². The zero-order valence-electron chi connectivity index (χ0n) is 6.88. The van der Waals surface area contributed by atoms with E-state index in [1.54, 1.807) is 0 Å². The second kappa shape index (κ2) is 1.99. The molecule has 0 aromatic heterocycles. The molecule has 0 radical (unpaired) electrons. The third-order valence-corrected chi connectivity index (χ3v) is 3.35. The molecule has 0 atom stereocenters. The van der Waals surface area contributed by atoms with Crippen LogP contribution in [0, 0.1) is 5.41 Å². The van der Waals surface area contributed by atoms with Crippen LogP contribution in [-0.2, 0) is 4.74 Å². The molecule has 3 fully saturated rings. The summed E-state index contributed by atoms with van der Waals surface area (Å²) in [6.07, 6.45) is 4.30. The van der Waals surface area contributed by atoms with Crippen molar-refractivity contribution < 1.29 is 4.74 Å². The first-order valence-corrected chi connectivity index (χ1v) is 4.70. The summed E-state index contributed by atoms with van der Waals surface area (Å²) >= 11 is 0. The van der Waals surface area contributed by atoms with E-state index in [1.165, 1.54) is 32.4 Å². The maximum atomic E-state index is 5.28. The third-order valence-electron chi connectivity index (χ3n) is 3.35. The molecule has 0 unspecified atom stereocenters. The van der Waals surface area contributed by atoms with Gasteiger partial charge in [0.05, 0.1) is 13.2 Å². The highest BCUT2D eigenvalue weighted by molar-refractivity contribution is 4.99. The molecule has 0 N–H and O–H groups in total. The molecule has 62 valence electrons. The first-order valence-electron chi connectivity index (χ1n) is 4.70. The first kappa shape index (κ1) is 6.44. The summed E-state index contributed by atoms with van der Waals surface area (Å²) in [5.74, 6) is 0. The van der Waals surface area contributed by atoms with Crippen molar-refractivity contribution in [2.24, 2.45) is 5.41 Å². The molecule has 2 aliphatic heterocycles. The highest BCUT2D eigenvalue weighted by Crippen LogP contribution is 2.41. The lowest BCUT2D eigenvalue weighted by Crippen LogP contribution is -2.44. The van der Waals surface area contributed by atoms with Gasteiger partial charge in [0.25, 0.3) is 0 Å². The maximum absolute atomic E-state index is 5.28. The fraction of sp³-hybridized carbons (Fsp3) is 1.00. The summed E-state index contributed by atoms with van der Waals surface area (Å²) in [6, 6.07) is 0.968. The van der Waals surface area contributed by atoms with Crippen molar-refractivity contribution in [3.63, 3.8) is 0 Å². The minimum atomic E-state index is 0.614. The predicted octanol–water partition coefficient (Wildman–Crippen LogP) is 0.871. The van der Waals surface area contributed by atoms with Gasteiger partial charge in [-0.1, -0.05) is 0 Å². The van der Waals surface area contributed by atoms with Gasteiger partial charge in [0, 0.05) is 18.0 Å². The summed E-state index contributed by atoms with van der Waals surface area (Å²) in [7, 11) is 0. The number of likely N-dealkylation sites (tertiary alicyclic amines) is 1. The molecule has 1 saturated carbocycles. The molecule has 0 amide bonds. The molecule has 2 nitrogen and oxygen atoms in total. The van der Waals surface area contributed by atoms with E-state index in [9.17, 15) is 0 Å². The second-order valence-electron chi connectivity index (χ2n) is 4.44. The van der Waals surface area contributed by atoms with Gasteiger partial charge in [-0.05, 0) is 25.8 Å². The van der Waals surface area contributed by atoms with E-state index in [-0.39, 0.29) is 0 Å². The molecule has 1 spiro atoms. The molecule has 3 aliphatic rings. The SMILES string of the molecule is C1CC1N1CCC2(COC2)C1. The van der Waals surface area contributed by atoms with Crippen molar-refractivity contribution in [2.75, 3.05) is 26.3 Å². The fourth-order valence-electron chi connectivity index (χ4n) is 2.35. The van der Waals surface area contributed by atoms with E-state index in [2.05, 4.69) is 4.90 Å². The van der Waals surface area contributed by atoms with Crippen LogP contribution in [0.4, 0.5) is 0 Å². The number of ether oxygens (including phenoxy) is 1. The van der Waals surface area contributed by atoms with Gasteiger partial charge in [-0.15, -0.1) is 0 Å². The van der Waals surface area contributed by atoms with Gasteiger partial charge in [0.2, 0.25) is 0 Å². The van der Waals surface area contributed by atoms with E-state index in [0.717, 1.165) is 19.3 Å². The Balaban J connectivity index is 1.66. The Bertz CT molecular complexity index is 172. The maximum Gasteiger partial charge on any atom is 0.0557 e. The van der Waals surface area contributed by atoms with Crippen LogP contribution in [0.15, 0.2) is 0 Å². The number of hydrogen-bond acceptors (Lipinski definition) is 2. The standard InChI is InChI=1S/C9H15NO/c1-2-8(1)10-4-3-9(5-10)6-11-7-9/h8H,1-7H2. The lowest BCUT2D eigenvalue weighted by Gasteiger charge is -2.37. The second-order valence-corrected chi connectivity index (χ2v) is 4.44. The van der Waals surface area contributed by atoms with Gasteiger partial charge in [0.15, 0.2) is 0 Å². The molecule has 2 heteroatoms. The van der Waals surface area contributed by atoms with Crippen LogP contribution in [0.1, 0.15) is 19.3 Å². The van der Waals surface area contributed by atoms with Crippen LogP contribution in [0.25, 0.3) is 0 Å². The molecule has 2 saturated heterocycles. The van der Waals surface area contributed by atoms with Gasteiger partial charge < -0.3 is 4.74 Å². The smallest absolute Gasteiger partial charge is 0.0557 e. The highest BCUT2D eigenvalue weighted by Gasteiger charge is 2.47. The Morgan fingerprint density at radius 3 is 2.55 bits per heavy atom. The number of rotatable bonds is 1. The molecular weight excluding hydrogens is 138 g/mol. The van der Waals surface area contributed by atoms with Crippen molar-refractivity contribution in [3.8, 4) is 0 Å². The topological polar surface area (TPSA) is 12.5 Å². The van der Waals surface area contributed by atoms with Crippen LogP contribution in [0.2, 0.25) is 0 Å². The van der Waals surface area contributed by atoms with Crippen LogP contribution in [0.5, 0.6) is 0 Å². The minimum absolute atomic E-state index is 0.614. The summed E-state index contributed by atoms with van der Waals surface area (Å²) in [4.78, 5) is 2.67. The van der Waals surface area contributed by atoms with Crippen LogP contribution >= 0.6 is 0 Å². The highest BCUT2D eigenvalue weighted by atomic mass is 16.5. The Kier molecular flexibility index (Phi) is 1.16. The zero-order valence-corrected chi connectivity index (χ0v) is 6.88. The Hall–Kier alpha value is -0.0800. The van der Waals surface area contributed by atoms with E-state index >= 15 is 0 Å². The van der Waals surface area contributed by atoms with E-state index in [4.69, 9.17) is 4.74 Å². The van der Waals surface area contributed by atoms with Crippen LogP contribution < -0.4 is 0 Å². The van der Waals surface area contributed by atoms with Gasteiger partial charge in [-0.2, -0.15) is 0 Å². The third kappa shape index (κ3) is 0.926. The Labute approximate surface area is 67.5 Å². The number of hydrogen-bond donors (Lipinski definition) is 0. The van der Waals surface area contributed by atoms with E-state index < -0.39 is 0 Å². The quantitative estimate of drug-likeness (QED) is 0.554. The first-order chi connectivity index (χ1) is 5.38. The largest absolute Gasteiger partial charge is 0.380 e. The summed E-state index contributed by atoms with van der Waals surface area (Å²) in [5, 5.41) is 0. The van der Waals surface area contributed by atoms with Gasteiger partial charge >= 0.3 is 0 Å². The lowest BCUT2D eigenvalue weighted by atomic mass is 9.85. The predicted molar refractivity (Wildman–Crippen MR) is 42.5 cm³/mol. The summed E-state index contributed by atoms with van der Waals surface area (Å²) in [5.41, 5.74) is 0.614. The van der Waals surface area contributed by atoms with Gasteiger partial charge in [-0.3, -0.25) is 4.90 Å². The van der Waals surface area contributed by atoms with Crippen molar-refractivity contribution in [2.45, 2.75) is 25.3 Å². The number of nitrogens with zero attached hydrogens (tertiary/aromatic N) is 1. The minimum Gasteiger partial charge on any atom is -0.380 e. The molecule has 0 aromatic carbocycles. The molecule has 0 bridgehead atoms. The van der Waals surface area contributed by atoms with Gasteiger partial charge in [-0.25, -0.2) is 0 Å². The molecular formula is C9H15NO. The van der Waals surface area contributed by atoms with Crippen molar-refractivity contribution in [1.29, 1.82) is 0 Å². The Morgan fingerprint density at radius 2 is 2.09 bits per heavy atom. The van der Waals surface area contributed by atoms with Crippen LogP contribution in [-0.4, -0.2) is 37.2 Å². The van der Waals surface area contributed by atoms with E-state index in [0.29, 0.717) is 5.41 Å². The zero-order chi connectivity index (χ0) is 7.31. The Morgan fingerprint density at radius 1 is 1.27 bits per heavy atom. The van der Waals surface area contributed by atoms with E-state index in [1.807, 2.05) is 0 Å². The van der Waals surface area contributed by atoms with Crippen molar-refractivity contribution in [3.05, 3.63) is 0 Å². The average molecular weight is 153 g/mol. The van der Waals surface area contributed by atoms with Crippen LogP contribution in [0.3, 0.4) is 0 Å². The molecule has 2 heterocycles. The fourth-order valence-corrected chi connectivity index (χ4v) is 2.35. The molecule has 3 rings (SSSR count).